The van der Waals surface area contributed by atoms with Gasteiger partial charge in [-0.3, -0.25) is 4.79 Å². The Morgan fingerprint density at radius 3 is 2.94 bits per heavy atom. The molecule has 3 rings (SSSR count). The zero-order valence-corrected chi connectivity index (χ0v) is 10.4. The van der Waals surface area contributed by atoms with Crippen molar-refractivity contribution in [2.24, 2.45) is 11.8 Å². The lowest BCUT2D eigenvalue weighted by Crippen LogP contribution is -2.42. The average Bonchev–Trinajstić information content (AvgIpc) is 2.82. The van der Waals surface area contributed by atoms with Crippen molar-refractivity contribution in [1.82, 2.24) is 10.2 Å². The molecular formula is C13H22N2O2. The Bertz CT molecular complexity index is 275. The van der Waals surface area contributed by atoms with E-state index in [1.54, 1.807) is 0 Å². The minimum absolute atomic E-state index is 0.129. The summed E-state index contributed by atoms with van der Waals surface area (Å²) in [6.07, 6.45) is 4.59. The van der Waals surface area contributed by atoms with Crippen LogP contribution in [0.4, 0.5) is 0 Å². The number of piperidine rings is 1. The van der Waals surface area contributed by atoms with Gasteiger partial charge in [-0.15, -0.1) is 0 Å². The Balaban J connectivity index is 1.59. The number of carbonyl (C=O) groups is 1. The molecule has 3 unspecified atom stereocenters. The molecule has 0 bridgehead atoms. The number of nitrogens with one attached hydrogen (secondary N) is 1. The van der Waals surface area contributed by atoms with E-state index in [4.69, 9.17) is 4.74 Å². The van der Waals surface area contributed by atoms with Crippen molar-refractivity contribution in [3.05, 3.63) is 0 Å². The summed E-state index contributed by atoms with van der Waals surface area (Å²) < 4.78 is 5.42. The fourth-order valence-corrected chi connectivity index (χ4v) is 3.42. The highest BCUT2D eigenvalue weighted by Gasteiger charge is 2.38. The lowest BCUT2D eigenvalue weighted by molar-refractivity contribution is -0.138. The first-order valence-corrected chi connectivity index (χ1v) is 6.94. The summed E-state index contributed by atoms with van der Waals surface area (Å²) >= 11 is 0. The summed E-state index contributed by atoms with van der Waals surface area (Å²) in [7, 11) is 0. The van der Waals surface area contributed by atoms with Crippen LogP contribution in [0.5, 0.6) is 0 Å². The fraction of sp³-hybridized carbons (Fsp3) is 0.923. The molecule has 3 aliphatic rings. The Morgan fingerprint density at radius 2 is 2.18 bits per heavy atom. The van der Waals surface area contributed by atoms with E-state index in [2.05, 4.69) is 10.2 Å². The second-order valence-electron chi connectivity index (χ2n) is 5.62. The van der Waals surface area contributed by atoms with Crippen molar-refractivity contribution < 1.29 is 9.53 Å². The maximum absolute atomic E-state index is 12.4. The van der Waals surface area contributed by atoms with Crippen LogP contribution < -0.4 is 5.32 Å². The van der Waals surface area contributed by atoms with Crippen molar-refractivity contribution in [3.63, 3.8) is 0 Å². The van der Waals surface area contributed by atoms with Crippen molar-refractivity contribution in [3.8, 4) is 0 Å². The first-order valence-electron chi connectivity index (χ1n) is 6.94. The zero-order chi connectivity index (χ0) is 11.7. The van der Waals surface area contributed by atoms with E-state index in [-0.39, 0.29) is 5.92 Å². The SMILES string of the molecule is O=C(C1CCCOC1)N1CC2CCCNC2C1. The predicted octanol–water partition coefficient (Wildman–Crippen LogP) is 0.623. The molecule has 0 aliphatic carbocycles. The molecule has 3 atom stereocenters. The molecule has 3 saturated heterocycles. The predicted molar refractivity (Wildman–Crippen MR) is 64.6 cm³/mol. The smallest absolute Gasteiger partial charge is 0.228 e. The molecule has 3 fully saturated rings. The van der Waals surface area contributed by atoms with Gasteiger partial charge in [-0.1, -0.05) is 0 Å². The highest BCUT2D eigenvalue weighted by atomic mass is 16.5. The Labute approximate surface area is 103 Å². The van der Waals surface area contributed by atoms with Gasteiger partial charge in [0.25, 0.3) is 0 Å². The zero-order valence-electron chi connectivity index (χ0n) is 10.4. The summed E-state index contributed by atoms with van der Waals surface area (Å²) in [5, 5.41) is 3.54. The maximum atomic E-state index is 12.4. The normalized spacial score (nSPS) is 37.9. The van der Waals surface area contributed by atoms with Gasteiger partial charge in [-0.05, 0) is 38.1 Å². The number of nitrogens with zero attached hydrogens (tertiary/aromatic N) is 1. The van der Waals surface area contributed by atoms with Crippen molar-refractivity contribution in [2.75, 3.05) is 32.8 Å². The Hall–Kier alpha value is -0.610. The monoisotopic (exact) mass is 238 g/mol. The van der Waals surface area contributed by atoms with Crippen LogP contribution in [0.3, 0.4) is 0 Å². The van der Waals surface area contributed by atoms with Gasteiger partial charge in [-0.2, -0.15) is 0 Å². The molecule has 3 aliphatic heterocycles. The maximum Gasteiger partial charge on any atom is 0.228 e. The van der Waals surface area contributed by atoms with Crippen LogP contribution in [0.2, 0.25) is 0 Å². The van der Waals surface area contributed by atoms with E-state index in [1.807, 2.05) is 0 Å². The number of hydrogen-bond donors (Lipinski definition) is 1. The highest BCUT2D eigenvalue weighted by molar-refractivity contribution is 5.79. The third kappa shape index (κ3) is 2.33. The van der Waals surface area contributed by atoms with Gasteiger partial charge in [0.15, 0.2) is 0 Å². The van der Waals surface area contributed by atoms with E-state index in [0.717, 1.165) is 39.1 Å². The molecule has 96 valence electrons. The number of ether oxygens (including phenoxy) is 1. The molecule has 0 aromatic carbocycles. The van der Waals surface area contributed by atoms with Crippen LogP contribution >= 0.6 is 0 Å². The van der Waals surface area contributed by atoms with Crippen molar-refractivity contribution in [1.29, 1.82) is 0 Å². The van der Waals surface area contributed by atoms with E-state index in [9.17, 15) is 4.79 Å². The molecule has 4 nitrogen and oxygen atoms in total. The summed E-state index contributed by atoms with van der Waals surface area (Å²) in [6.45, 7) is 4.47. The number of likely N-dealkylation sites (tertiary alicyclic amines) is 1. The summed E-state index contributed by atoms with van der Waals surface area (Å²) in [4.78, 5) is 14.4. The van der Waals surface area contributed by atoms with Crippen molar-refractivity contribution in [2.45, 2.75) is 31.7 Å². The fourth-order valence-electron chi connectivity index (χ4n) is 3.42. The second-order valence-corrected chi connectivity index (χ2v) is 5.62. The van der Waals surface area contributed by atoms with Gasteiger partial charge in [-0.25, -0.2) is 0 Å². The first-order chi connectivity index (χ1) is 8.34. The lowest BCUT2D eigenvalue weighted by atomic mass is 9.94. The molecule has 0 saturated carbocycles. The van der Waals surface area contributed by atoms with Gasteiger partial charge < -0.3 is 15.0 Å². The molecular weight excluding hydrogens is 216 g/mol. The Kier molecular flexibility index (Phi) is 3.34. The van der Waals surface area contributed by atoms with Gasteiger partial charge in [0.1, 0.15) is 0 Å². The summed E-state index contributed by atoms with van der Waals surface area (Å²) in [5.41, 5.74) is 0. The summed E-state index contributed by atoms with van der Waals surface area (Å²) in [6, 6.07) is 0.553. The molecule has 0 aromatic heterocycles. The number of hydrogen-bond acceptors (Lipinski definition) is 3. The standard InChI is InChI=1S/C13H22N2O2/c16-13(11-4-2-6-17-9-11)15-7-10-3-1-5-14-12(10)8-15/h10-12,14H,1-9H2. The third-order valence-corrected chi connectivity index (χ3v) is 4.42. The molecule has 3 heterocycles. The molecule has 4 heteroatoms. The Morgan fingerprint density at radius 1 is 1.24 bits per heavy atom. The van der Waals surface area contributed by atoms with E-state index in [0.29, 0.717) is 24.5 Å². The topological polar surface area (TPSA) is 41.6 Å². The van der Waals surface area contributed by atoms with Crippen LogP contribution in [0, 0.1) is 11.8 Å². The molecule has 17 heavy (non-hydrogen) atoms. The minimum Gasteiger partial charge on any atom is -0.381 e. The van der Waals surface area contributed by atoms with E-state index < -0.39 is 0 Å². The average molecular weight is 238 g/mol. The largest absolute Gasteiger partial charge is 0.381 e. The highest BCUT2D eigenvalue weighted by Crippen LogP contribution is 2.27. The van der Waals surface area contributed by atoms with Crippen LogP contribution in [0.25, 0.3) is 0 Å². The number of rotatable bonds is 1. The van der Waals surface area contributed by atoms with E-state index >= 15 is 0 Å². The molecule has 0 aromatic rings. The van der Waals surface area contributed by atoms with Gasteiger partial charge >= 0.3 is 0 Å². The van der Waals surface area contributed by atoms with Crippen LogP contribution in [-0.2, 0) is 9.53 Å². The van der Waals surface area contributed by atoms with Gasteiger partial charge in [0, 0.05) is 25.7 Å². The molecule has 1 amide bonds. The molecule has 0 spiro atoms. The van der Waals surface area contributed by atoms with Gasteiger partial charge in [0.05, 0.1) is 12.5 Å². The molecule has 1 N–H and O–H groups in total. The van der Waals surface area contributed by atoms with E-state index in [1.165, 1.54) is 12.8 Å². The minimum atomic E-state index is 0.129. The van der Waals surface area contributed by atoms with Crippen LogP contribution in [-0.4, -0.2) is 49.7 Å². The third-order valence-electron chi connectivity index (χ3n) is 4.42. The quantitative estimate of drug-likeness (QED) is 0.728. The van der Waals surface area contributed by atoms with Crippen LogP contribution in [0.15, 0.2) is 0 Å². The number of carbonyl (C=O) groups excluding carboxylic acids is 1. The van der Waals surface area contributed by atoms with Crippen molar-refractivity contribution >= 4 is 5.91 Å². The first kappa shape index (κ1) is 11.5. The molecule has 0 radical (unpaired) electrons. The summed E-state index contributed by atoms with van der Waals surface area (Å²) in [5.74, 6) is 1.15. The van der Waals surface area contributed by atoms with Gasteiger partial charge in [0.2, 0.25) is 5.91 Å². The lowest BCUT2D eigenvalue weighted by Gasteiger charge is -2.26. The van der Waals surface area contributed by atoms with Crippen LogP contribution in [0.1, 0.15) is 25.7 Å². The second kappa shape index (κ2) is 4.94. The number of fused-ring (bicyclic) bond motifs is 1. The number of amides is 1.